The normalized spacial score (nSPS) is 19.2. The van der Waals surface area contributed by atoms with E-state index >= 15 is 0 Å². The van der Waals surface area contributed by atoms with Gasteiger partial charge in [-0.15, -0.1) is 0 Å². The Labute approximate surface area is 230 Å². The van der Waals surface area contributed by atoms with E-state index in [1.165, 1.54) is 18.4 Å². The standard InChI is InChI=1S/C30H40IN3O2/c1-3-34(4-2)27-11-16-32(17-12-27)23-26-20-25(21-28(31)29(26)35)10-13-30(36)14-18-33(19-15-30)22-24-8-6-5-7-9-24/h5-9,20-21,27,35-36H,3-4,11-12,14-19,22-23H2,1-2H3. The molecule has 0 saturated carbocycles. The lowest BCUT2D eigenvalue weighted by Gasteiger charge is -2.37. The number of aromatic hydroxyl groups is 1. The van der Waals surface area contributed by atoms with Crippen LogP contribution in [0.2, 0.25) is 0 Å². The molecule has 4 rings (SSSR count). The number of hydrogen-bond donors (Lipinski definition) is 2. The van der Waals surface area contributed by atoms with Gasteiger partial charge in [0.05, 0.1) is 3.57 Å². The number of likely N-dealkylation sites (tertiary alicyclic amines) is 2. The molecule has 0 atom stereocenters. The van der Waals surface area contributed by atoms with Crippen molar-refractivity contribution in [2.24, 2.45) is 0 Å². The Morgan fingerprint density at radius 1 is 0.972 bits per heavy atom. The second-order valence-corrected chi connectivity index (χ2v) is 11.4. The van der Waals surface area contributed by atoms with Crippen molar-refractivity contribution in [2.45, 2.75) is 64.3 Å². The first-order valence-electron chi connectivity index (χ1n) is 13.4. The fourth-order valence-corrected chi connectivity index (χ4v) is 6.19. The minimum Gasteiger partial charge on any atom is -0.507 e. The fraction of sp³-hybridized carbons (Fsp3) is 0.533. The van der Waals surface area contributed by atoms with Gasteiger partial charge in [-0.25, -0.2) is 0 Å². The van der Waals surface area contributed by atoms with Crippen molar-refractivity contribution in [1.29, 1.82) is 0 Å². The summed E-state index contributed by atoms with van der Waals surface area (Å²) in [4.78, 5) is 7.39. The zero-order valence-corrected chi connectivity index (χ0v) is 23.9. The van der Waals surface area contributed by atoms with Crippen LogP contribution in [-0.2, 0) is 13.1 Å². The van der Waals surface area contributed by atoms with Crippen LogP contribution in [-0.4, -0.2) is 75.8 Å². The van der Waals surface area contributed by atoms with E-state index in [0.717, 1.165) is 67.1 Å². The Kier molecular flexibility index (Phi) is 9.71. The molecule has 36 heavy (non-hydrogen) atoms. The third-order valence-corrected chi connectivity index (χ3v) is 8.62. The van der Waals surface area contributed by atoms with E-state index in [2.05, 4.69) is 87.2 Å². The molecule has 2 aliphatic heterocycles. The second-order valence-electron chi connectivity index (χ2n) is 10.2. The Hall–Kier alpha value is -1.63. The smallest absolute Gasteiger partial charge is 0.133 e. The van der Waals surface area contributed by atoms with Crippen LogP contribution in [0.3, 0.4) is 0 Å². The number of aliphatic hydroxyl groups is 1. The predicted octanol–water partition coefficient (Wildman–Crippen LogP) is 4.68. The molecular weight excluding hydrogens is 561 g/mol. The molecule has 194 valence electrons. The maximum Gasteiger partial charge on any atom is 0.133 e. The average molecular weight is 602 g/mol. The van der Waals surface area contributed by atoms with E-state index < -0.39 is 5.60 Å². The molecule has 2 heterocycles. The second kappa shape index (κ2) is 12.7. The van der Waals surface area contributed by atoms with Crippen molar-refractivity contribution < 1.29 is 10.2 Å². The lowest BCUT2D eigenvalue weighted by atomic mass is 9.91. The number of benzene rings is 2. The van der Waals surface area contributed by atoms with Gasteiger partial charge in [0, 0.05) is 56.2 Å². The highest BCUT2D eigenvalue weighted by molar-refractivity contribution is 14.1. The number of piperidine rings is 2. The van der Waals surface area contributed by atoms with Crippen LogP contribution in [0.1, 0.15) is 56.2 Å². The van der Waals surface area contributed by atoms with Crippen LogP contribution >= 0.6 is 22.6 Å². The molecule has 0 unspecified atom stereocenters. The molecule has 2 saturated heterocycles. The quantitative estimate of drug-likeness (QED) is 0.357. The number of nitrogens with zero attached hydrogens (tertiary/aromatic N) is 3. The minimum atomic E-state index is -0.955. The Morgan fingerprint density at radius 3 is 2.25 bits per heavy atom. The van der Waals surface area contributed by atoms with Crippen molar-refractivity contribution in [1.82, 2.24) is 14.7 Å². The summed E-state index contributed by atoms with van der Waals surface area (Å²) >= 11 is 2.19. The molecule has 0 bridgehead atoms. The lowest BCUT2D eigenvalue weighted by molar-refractivity contribution is 0.0247. The highest BCUT2D eigenvalue weighted by Gasteiger charge is 2.30. The van der Waals surface area contributed by atoms with Crippen LogP contribution in [0.25, 0.3) is 0 Å². The number of rotatable bonds is 7. The number of phenolic OH excluding ortho intramolecular Hbond substituents is 1. The van der Waals surface area contributed by atoms with Gasteiger partial charge in [-0.05, 0) is 79.3 Å². The van der Waals surface area contributed by atoms with Gasteiger partial charge in [-0.1, -0.05) is 56.0 Å². The summed E-state index contributed by atoms with van der Waals surface area (Å²) in [7, 11) is 0. The Balaban J connectivity index is 1.36. The van der Waals surface area contributed by atoms with Crippen molar-refractivity contribution in [2.75, 3.05) is 39.3 Å². The van der Waals surface area contributed by atoms with Gasteiger partial charge in [0.2, 0.25) is 0 Å². The van der Waals surface area contributed by atoms with E-state index in [4.69, 9.17) is 0 Å². The van der Waals surface area contributed by atoms with E-state index in [9.17, 15) is 10.2 Å². The van der Waals surface area contributed by atoms with Gasteiger partial charge in [0.25, 0.3) is 0 Å². The van der Waals surface area contributed by atoms with Crippen LogP contribution in [0.15, 0.2) is 42.5 Å². The summed E-state index contributed by atoms with van der Waals surface area (Å²) in [6, 6.07) is 15.1. The molecule has 2 aliphatic rings. The van der Waals surface area contributed by atoms with E-state index in [1.54, 1.807) is 0 Å². The van der Waals surface area contributed by atoms with Crippen LogP contribution in [0.5, 0.6) is 5.75 Å². The molecule has 0 spiro atoms. The third-order valence-electron chi connectivity index (χ3n) is 7.79. The van der Waals surface area contributed by atoms with Crippen molar-refractivity contribution in [3.63, 3.8) is 0 Å². The van der Waals surface area contributed by atoms with E-state index in [0.29, 0.717) is 24.6 Å². The monoisotopic (exact) mass is 601 g/mol. The Bertz CT molecular complexity index is 1050. The molecule has 0 amide bonds. The highest BCUT2D eigenvalue weighted by Crippen LogP contribution is 2.29. The molecule has 0 aliphatic carbocycles. The van der Waals surface area contributed by atoms with Crippen LogP contribution in [0.4, 0.5) is 0 Å². The number of halogens is 1. The molecular formula is C30H40IN3O2. The molecule has 0 radical (unpaired) electrons. The first kappa shape index (κ1) is 27.4. The summed E-state index contributed by atoms with van der Waals surface area (Å²) in [6.45, 7) is 12.1. The topological polar surface area (TPSA) is 50.2 Å². The number of phenols is 1. The van der Waals surface area contributed by atoms with Gasteiger partial charge in [-0.2, -0.15) is 0 Å². The molecule has 2 aromatic rings. The first-order valence-corrected chi connectivity index (χ1v) is 14.5. The summed E-state index contributed by atoms with van der Waals surface area (Å²) in [5.41, 5.74) is 2.14. The zero-order chi connectivity index (χ0) is 25.5. The molecule has 2 N–H and O–H groups in total. The maximum atomic E-state index is 11.1. The van der Waals surface area contributed by atoms with Gasteiger partial charge in [0.1, 0.15) is 11.4 Å². The summed E-state index contributed by atoms with van der Waals surface area (Å²) in [6.07, 6.45) is 3.65. The van der Waals surface area contributed by atoms with Gasteiger partial charge < -0.3 is 15.1 Å². The third kappa shape index (κ3) is 7.23. The molecule has 2 aromatic carbocycles. The zero-order valence-electron chi connectivity index (χ0n) is 21.7. The lowest BCUT2D eigenvalue weighted by Crippen LogP contribution is -2.44. The molecule has 0 aromatic heterocycles. The average Bonchev–Trinajstić information content (AvgIpc) is 2.89. The van der Waals surface area contributed by atoms with Crippen molar-refractivity contribution in [3.8, 4) is 17.6 Å². The highest BCUT2D eigenvalue weighted by atomic mass is 127. The van der Waals surface area contributed by atoms with Crippen molar-refractivity contribution in [3.05, 3.63) is 62.7 Å². The van der Waals surface area contributed by atoms with Gasteiger partial charge in [-0.3, -0.25) is 9.80 Å². The molecule has 2 fully saturated rings. The van der Waals surface area contributed by atoms with Crippen LogP contribution < -0.4 is 0 Å². The van der Waals surface area contributed by atoms with E-state index in [1.807, 2.05) is 18.2 Å². The SMILES string of the molecule is CCN(CC)C1CCN(Cc2cc(C#CC3(O)CCN(Cc4ccccc4)CC3)cc(I)c2O)CC1. The first-order chi connectivity index (χ1) is 17.4. The summed E-state index contributed by atoms with van der Waals surface area (Å²) < 4.78 is 0.817. The maximum absolute atomic E-state index is 11.1. The van der Waals surface area contributed by atoms with Gasteiger partial charge >= 0.3 is 0 Å². The Morgan fingerprint density at radius 2 is 1.61 bits per heavy atom. The minimum absolute atomic E-state index is 0.361. The van der Waals surface area contributed by atoms with Gasteiger partial charge in [0.15, 0.2) is 0 Å². The van der Waals surface area contributed by atoms with Crippen molar-refractivity contribution >= 4 is 22.6 Å². The largest absolute Gasteiger partial charge is 0.507 e. The summed E-state index contributed by atoms with van der Waals surface area (Å²) in [5, 5.41) is 21.9. The van der Waals surface area contributed by atoms with E-state index in [-0.39, 0.29) is 0 Å². The summed E-state index contributed by atoms with van der Waals surface area (Å²) in [5.74, 6) is 6.79. The number of hydrogen-bond acceptors (Lipinski definition) is 5. The van der Waals surface area contributed by atoms with Crippen LogP contribution in [0, 0.1) is 15.4 Å². The molecule has 6 heteroatoms. The predicted molar refractivity (Wildman–Crippen MR) is 155 cm³/mol. The molecule has 5 nitrogen and oxygen atoms in total. The fourth-order valence-electron chi connectivity index (χ4n) is 5.51.